The van der Waals surface area contributed by atoms with Crippen LogP contribution in [0.25, 0.3) is 11.3 Å². The zero-order valence-electron chi connectivity index (χ0n) is 16.7. The molecule has 0 radical (unpaired) electrons. The molecule has 1 atom stereocenters. The first-order valence-electron chi connectivity index (χ1n) is 10.0. The summed E-state index contributed by atoms with van der Waals surface area (Å²) in [6, 6.07) is 13.2. The van der Waals surface area contributed by atoms with E-state index in [0.717, 1.165) is 12.8 Å². The third-order valence-electron chi connectivity index (χ3n) is 5.57. The van der Waals surface area contributed by atoms with E-state index in [1.54, 1.807) is 36.4 Å². The van der Waals surface area contributed by atoms with Crippen LogP contribution in [0.3, 0.4) is 0 Å². The van der Waals surface area contributed by atoms with Gasteiger partial charge >= 0.3 is 0 Å². The second kappa shape index (κ2) is 8.51. The van der Waals surface area contributed by atoms with Crippen molar-refractivity contribution in [1.29, 1.82) is 0 Å². The van der Waals surface area contributed by atoms with Gasteiger partial charge in [0.1, 0.15) is 5.82 Å². The third-order valence-corrected chi connectivity index (χ3v) is 5.80. The number of amides is 2. The topological polar surface area (TPSA) is 101 Å². The number of primary amides is 1. The summed E-state index contributed by atoms with van der Waals surface area (Å²) in [4.78, 5) is 25.4. The number of carbonyl (C=O) groups excluding carboxylic acids is 2. The summed E-state index contributed by atoms with van der Waals surface area (Å²) in [6.07, 6.45) is 3.85. The summed E-state index contributed by atoms with van der Waals surface area (Å²) in [5.74, 6) is -1.12. The van der Waals surface area contributed by atoms with Crippen molar-refractivity contribution in [3.63, 3.8) is 0 Å². The van der Waals surface area contributed by atoms with Crippen molar-refractivity contribution in [2.24, 2.45) is 11.7 Å². The summed E-state index contributed by atoms with van der Waals surface area (Å²) in [6.45, 7) is 0. The normalized spacial score (nSPS) is 15.3. The first kappa shape index (κ1) is 21.1. The van der Waals surface area contributed by atoms with Gasteiger partial charge in [0.05, 0.1) is 29.4 Å². The lowest BCUT2D eigenvalue weighted by Crippen LogP contribution is -2.49. The van der Waals surface area contributed by atoms with Crippen molar-refractivity contribution in [3.05, 3.63) is 76.7 Å². The number of H-pyrrole nitrogens is 1. The van der Waals surface area contributed by atoms with Crippen LogP contribution in [-0.4, -0.2) is 22.0 Å². The Balaban J connectivity index is 1.74. The SMILES string of the molecule is NC(=O)C[C@](CC1CC1)(NC(=O)c1cn[nH]c1-c1ccccc1F)c1cccc(Cl)c1. The summed E-state index contributed by atoms with van der Waals surface area (Å²) >= 11 is 6.21. The molecule has 1 fully saturated rings. The molecule has 160 valence electrons. The van der Waals surface area contributed by atoms with Crippen LogP contribution in [0.4, 0.5) is 4.39 Å². The average Bonchev–Trinajstić information content (AvgIpc) is 3.39. The van der Waals surface area contributed by atoms with E-state index < -0.39 is 23.2 Å². The molecule has 1 aliphatic rings. The minimum atomic E-state index is -1.03. The van der Waals surface area contributed by atoms with Gasteiger partial charge in [-0.25, -0.2) is 4.39 Å². The fourth-order valence-corrected chi connectivity index (χ4v) is 4.16. The molecule has 4 rings (SSSR count). The van der Waals surface area contributed by atoms with Crippen LogP contribution in [0, 0.1) is 11.7 Å². The van der Waals surface area contributed by atoms with E-state index in [2.05, 4.69) is 15.5 Å². The fraction of sp³-hybridized carbons (Fsp3) is 0.261. The predicted octanol–water partition coefficient (Wildman–Crippen LogP) is 4.17. The van der Waals surface area contributed by atoms with Gasteiger partial charge in [-0.2, -0.15) is 5.10 Å². The number of aromatic nitrogens is 2. The maximum Gasteiger partial charge on any atom is 0.255 e. The van der Waals surface area contributed by atoms with Crippen molar-refractivity contribution in [2.45, 2.75) is 31.2 Å². The molecule has 0 spiro atoms. The number of nitrogens with one attached hydrogen (secondary N) is 2. The lowest BCUT2D eigenvalue weighted by Gasteiger charge is -2.35. The van der Waals surface area contributed by atoms with E-state index in [4.69, 9.17) is 17.3 Å². The minimum Gasteiger partial charge on any atom is -0.370 e. The highest BCUT2D eigenvalue weighted by Crippen LogP contribution is 2.43. The molecule has 1 saturated carbocycles. The van der Waals surface area contributed by atoms with Crippen LogP contribution in [0.2, 0.25) is 5.02 Å². The third kappa shape index (κ3) is 4.61. The average molecular weight is 441 g/mol. The smallest absolute Gasteiger partial charge is 0.255 e. The number of benzene rings is 2. The molecule has 3 aromatic rings. The standard InChI is InChI=1S/C23H22ClFN4O2/c24-16-5-3-4-15(10-16)23(12-20(26)30,11-14-8-9-14)28-22(31)18-13-27-29-21(18)17-6-1-2-7-19(17)25/h1-7,10,13-14H,8-9,11-12H2,(H2,26,30)(H,27,29)(H,28,31)/t23-/m0/s1. The van der Waals surface area contributed by atoms with Gasteiger partial charge in [0.15, 0.2) is 0 Å². The molecule has 2 aromatic carbocycles. The second-order valence-corrected chi connectivity index (χ2v) is 8.41. The molecular formula is C23H22ClFN4O2. The van der Waals surface area contributed by atoms with Crippen molar-refractivity contribution >= 4 is 23.4 Å². The lowest BCUT2D eigenvalue weighted by atomic mass is 9.81. The van der Waals surface area contributed by atoms with Crippen LogP contribution in [-0.2, 0) is 10.3 Å². The number of aromatic amines is 1. The molecule has 4 N–H and O–H groups in total. The van der Waals surface area contributed by atoms with E-state index in [0.29, 0.717) is 22.9 Å². The summed E-state index contributed by atoms with van der Waals surface area (Å²) in [7, 11) is 0. The lowest BCUT2D eigenvalue weighted by molar-refractivity contribution is -0.119. The predicted molar refractivity (Wildman–Crippen MR) is 116 cm³/mol. The fourth-order valence-electron chi connectivity index (χ4n) is 3.97. The maximum atomic E-state index is 14.3. The first-order valence-corrected chi connectivity index (χ1v) is 10.4. The molecule has 0 aliphatic heterocycles. The van der Waals surface area contributed by atoms with Gasteiger partial charge < -0.3 is 11.1 Å². The molecule has 1 heterocycles. The van der Waals surface area contributed by atoms with Gasteiger partial charge in [-0.05, 0) is 42.2 Å². The second-order valence-electron chi connectivity index (χ2n) is 7.98. The molecule has 1 aromatic heterocycles. The number of hydrogen-bond donors (Lipinski definition) is 3. The zero-order valence-corrected chi connectivity index (χ0v) is 17.5. The molecular weight excluding hydrogens is 419 g/mol. The van der Waals surface area contributed by atoms with E-state index in [1.807, 2.05) is 6.07 Å². The molecule has 2 amide bonds. The van der Waals surface area contributed by atoms with Gasteiger partial charge in [0, 0.05) is 10.6 Å². The van der Waals surface area contributed by atoms with Gasteiger partial charge in [-0.1, -0.05) is 48.7 Å². The molecule has 31 heavy (non-hydrogen) atoms. The molecule has 0 bridgehead atoms. The van der Waals surface area contributed by atoms with Crippen LogP contribution >= 0.6 is 11.6 Å². The van der Waals surface area contributed by atoms with Crippen molar-refractivity contribution in [3.8, 4) is 11.3 Å². The monoisotopic (exact) mass is 440 g/mol. The van der Waals surface area contributed by atoms with E-state index in [-0.39, 0.29) is 23.2 Å². The number of hydrogen-bond acceptors (Lipinski definition) is 3. The number of rotatable bonds is 8. The van der Waals surface area contributed by atoms with Gasteiger partial charge in [0.25, 0.3) is 5.91 Å². The Morgan fingerprint density at radius 2 is 2.00 bits per heavy atom. The Hall–Kier alpha value is -3.19. The summed E-state index contributed by atoms with van der Waals surface area (Å²) in [5.41, 5.74) is 5.94. The quantitative estimate of drug-likeness (QED) is 0.490. The Morgan fingerprint density at radius 1 is 1.23 bits per heavy atom. The van der Waals surface area contributed by atoms with Crippen LogP contribution in [0.5, 0.6) is 0 Å². The van der Waals surface area contributed by atoms with Crippen molar-refractivity contribution < 1.29 is 14.0 Å². The van der Waals surface area contributed by atoms with Gasteiger partial charge in [-0.15, -0.1) is 0 Å². The number of carbonyl (C=O) groups is 2. The summed E-state index contributed by atoms with van der Waals surface area (Å²) in [5, 5.41) is 10.2. The molecule has 8 heteroatoms. The van der Waals surface area contributed by atoms with Gasteiger partial charge in [0.2, 0.25) is 5.91 Å². The Kier molecular flexibility index (Phi) is 5.78. The largest absolute Gasteiger partial charge is 0.370 e. The molecule has 0 saturated heterocycles. The van der Waals surface area contributed by atoms with E-state index >= 15 is 0 Å². The van der Waals surface area contributed by atoms with E-state index in [1.165, 1.54) is 12.3 Å². The Labute approximate surface area is 184 Å². The van der Waals surface area contributed by atoms with Crippen molar-refractivity contribution in [1.82, 2.24) is 15.5 Å². The zero-order chi connectivity index (χ0) is 22.0. The highest BCUT2D eigenvalue weighted by Gasteiger charge is 2.41. The number of nitrogens with two attached hydrogens (primary N) is 1. The molecule has 6 nitrogen and oxygen atoms in total. The molecule has 1 aliphatic carbocycles. The Morgan fingerprint density at radius 3 is 2.68 bits per heavy atom. The first-order chi connectivity index (χ1) is 14.9. The minimum absolute atomic E-state index is 0.0809. The van der Waals surface area contributed by atoms with Crippen LogP contribution in [0.15, 0.2) is 54.7 Å². The Bertz CT molecular complexity index is 1130. The van der Waals surface area contributed by atoms with Crippen molar-refractivity contribution in [2.75, 3.05) is 0 Å². The van der Waals surface area contributed by atoms with Gasteiger partial charge in [-0.3, -0.25) is 14.7 Å². The highest BCUT2D eigenvalue weighted by atomic mass is 35.5. The summed E-state index contributed by atoms with van der Waals surface area (Å²) < 4.78 is 14.3. The maximum absolute atomic E-state index is 14.3. The highest BCUT2D eigenvalue weighted by molar-refractivity contribution is 6.30. The van der Waals surface area contributed by atoms with Crippen LogP contribution in [0.1, 0.15) is 41.6 Å². The van der Waals surface area contributed by atoms with E-state index in [9.17, 15) is 14.0 Å². The number of halogens is 2. The molecule has 0 unspecified atom stereocenters. The number of nitrogens with zero attached hydrogens (tertiary/aromatic N) is 1. The van der Waals surface area contributed by atoms with Crippen LogP contribution < -0.4 is 11.1 Å².